The van der Waals surface area contributed by atoms with Gasteiger partial charge in [-0.1, -0.05) is 35.5 Å². The van der Waals surface area contributed by atoms with E-state index in [1.54, 1.807) is 36.7 Å². The van der Waals surface area contributed by atoms with E-state index in [2.05, 4.69) is 15.2 Å². The molecule has 0 radical (unpaired) electrons. The van der Waals surface area contributed by atoms with Gasteiger partial charge in [-0.05, 0) is 55.5 Å². The van der Waals surface area contributed by atoms with Crippen LogP contribution in [0.4, 0.5) is 0 Å². The van der Waals surface area contributed by atoms with Gasteiger partial charge in [0.1, 0.15) is 5.75 Å². The molecule has 4 aromatic rings. The third kappa shape index (κ3) is 4.78. The summed E-state index contributed by atoms with van der Waals surface area (Å²) in [6.07, 6.45) is 3.42. The van der Waals surface area contributed by atoms with Crippen LogP contribution in [-0.4, -0.2) is 37.9 Å². The quantitative estimate of drug-likeness (QED) is 0.266. The molecule has 0 atom stereocenters. The van der Waals surface area contributed by atoms with Crippen LogP contribution in [0.2, 0.25) is 5.02 Å². The lowest BCUT2D eigenvalue weighted by molar-refractivity contribution is 0.102. The summed E-state index contributed by atoms with van der Waals surface area (Å²) in [4.78, 5) is 16.8. The van der Waals surface area contributed by atoms with E-state index < -0.39 is 0 Å². The molecule has 0 fully saturated rings. The van der Waals surface area contributed by atoms with E-state index >= 15 is 0 Å². The van der Waals surface area contributed by atoms with Gasteiger partial charge in [-0.25, -0.2) is 0 Å². The molecule has 0 bridgehead atoms. The number of rotatable bonds is 8. The number of Topliss-reactive ketones (excluding diaryl/α,β-unsaturated/α-hetero) is 1. The molecule has 0 N–H and O–H groups in total. The molecule has 0 aliphatic rings. The molecular formula is C23H19ClN4O2S. The van der Waals surface area contributed by atoms with Crippen LogP contribution in [0.15, 0.2) is 78.2 Å². The Balaban J connectivity index is 1.67. The van der Waals surface area contributed by atoms with Crippen LogP contribution in [0.3, 0.4) is 0 Å². The highest BCUT2D eigenvalue weighted by Gasteiger charge is 2.18. The van der Waals surface area contributed by atoms with E-state index in [1.807, 2.05) is 47.9 Å². The van der Waals surface area contributed by atoms with Gasteiger partial charge in [0.05, 0.1) is 17.4 Å². The number of nitrogens with zero attached hydrogens (tertiary/aromatic N) is 4. The summed E-state index contributed by atoms with van der Waals surface area (Å²) in [5, 5.41) is 9.79. The van der Waals surface area contributed by atoms with Gasteiger partial charge in [0.25, 0.3) is 0 Å². The number of carbonyl (C=O) groups excluding carboxylic acids is 1. The number of hydrogen-bond acceptors (Lipinski definition) is 6. The summed E-state index contributed by atoms with van der Waals surface area (Å²) in [7, 11) is 0. The van der Waals surface area contributed by atoms with Crippen molar-refractivity contribution < 1.29 is 9.53 Å². The van der Waals surface area contributed by atoms with Crippen molar-refractivity contribution in [2.45, 2.75) is 12.1 Å². The summed E-state index contributed by atoms with van der Waals surface area (Å²) in [5.41, 5.74) is 2.24. The van der Waals surface area contributed by atoms with Crippen LogP contribution in [0, 0.1) is 0 Å². The van der Waals surface area contributed by atoms with Gasteiger partial charge in [0.2, 0.25) is 0 Å². The highest BCUT2D eigenvalue weighted by atomic mass is 35.5. The first-order valence-corrected chi connectivity index (χ1v) is 11.0. The number of ketones is 1. The largest absolute Gasteiger partial charge is 0.494 e. The lowest BCUT2D eigenvalue weighted by atomic mass is 10.1. The summed E-state index contributed by atoms with van der Waals surface area (Å²) < 4.78 is 7.48. The Morgan fingerprint density at radius 1 is 1.03 bits per heavy atom. The number of carbonyl (C=O) groups is 1. The smallest absolute Gasteiger partial charge is 0.196 e. The molecule has 31 heavy (non-hydrogen) atoms. The van der Waals surface area contributed by atoms with Gasteiger partial charge in [0, 0.05) is 29.2 Å². The zero-order valence-corrected chi connectivity index (χ0v) is 18.3. The molecule has 0 aliphatic heterocycles. The van der Waals surface area contributed by atoms with Crippen molar-refractivity contribution in [3.8, 4) is 22.8 Å². The number of pyridine rings is 1. The number of aromatic nitrogens is 4. The van der Waals surface area contributed by atoms with Gasteiger partial charge in [-0.3, -0.25) is 14.3 Å². The Hall–Kier alpha value is -3.16. The van der Waals surface area contributed by atoms with Crippen molar-refractivity contribution in [3.05, 3.63) is 83.6 Å². The van der Waals surface area contributed by atoms with Crippen molar-refractivity contribution in [3.63, 3.8) is 0 Å². The Morgan fingerprint density at radius 2 is 1.77 bits per heavy atom. The molecule has 0 aliphatic carbocycles. The Labute approximate surface area is 189 Å². The molecule has 0 amide bonds. The fourth-order valence-electron chi connectivity index (χ4n) is 3.04. The highest BCUT2D eigenvalue weighted by Crippen LogP contribution is 2.29. The lowest BCUT2D eigenvalue weighted by Crippen LogP contribution is -2.05. The maximum Gasteiger partial charge on any atom is 0.196 e. The zero-order chi connectivity index (χ0) is 21.6. The van der Waals surface area contributed by atoms with Gasteiger partial charge in [-0.2, -0.15) is 0 Å². The Bertz CT molecular complexity index is 1180. The van der Waals surface area contributed by atoms with E-state index in [9.17, 15) is 4.79 Å². The van der Waals surface area contributed by atoms with Crippen molar-refractivity contribution >= 4 is 29.1 Å². The second-order valence-corrected chi connectivity index (χ2v) is 7.85. The van der Waals surface area contributed by atoms with Gasteiger partial charge in [0.15, 0.2) is 16.8 Å². The van der Waals surface area contributed by atoms with E-state index in [1.165, 1.54) is 11.8 Å². The summed E-state index contributed by atoms with van der Waals surface area (Å²) >= 11 is 7.49. The molecular weight excluding hydrogens is 432 g/mol. The zero-order valence-electron chi connectivity index (χ0n) is 16.7. The molecule has 2 aromatic carbocycles. The number of thioether (sulfide) groups is 1. The predicted octanol–water partition coefficient (Wildman–Crippen LogP) is 5.36. The summed E-state index contributed by atoms with van der Waals surface area (Å²) in [5.74, 6) is 1.57. The molecule has 8 heteroatoms. The molecule has 0 saturated heterocycles. The minimum absolute atomic E-state index is 0.0673. The minimum Gasteiger partial charge on any atom is -0.494 e. The van der Waals surface area contributed by atoms with Crippen LogP contribution >= 0.6 is 23.4 Å². The Morgan fingerprint density at radius 3 is 2.48 bits per heavy atom. The fourth-order valence-corrected chi connectivity index (χ4v) is 4.11. The van der Waals surface area contributed by atoms with Crippen LogP contribution in [0.5, 0.6) is 5.75 Å². The molecule has 0 spiro atoms. The maximum atomic E-state index is 12.7. The molecule has 2 heterocycles. The number of hydrogen-bond donors (Lipinski definition) is 0. The molecule has 6 nitrogen and oxygen atoms in total. The molecule has 156 valence electrons. The van der Waals surface area contributed by atoms with Gasteiger partial charge in [-0.15, -0.1) is 10.2 Å². The number of halogens is 1. The van der Waals surface area contributed by atoms with Crippen molar-refractivity contribution in [2.75, 3.05) is 12.4 Å². The van der Waals surface area contributed by atoms with Crippen LogP contribution in [0.1, 0.15) is 17.3 Å². The molecule has 2 aromatic heterocycles. The van der Waals surface area contributed by atoms with E-state index in [4.69, 9.17) is 16.3 Å². The molecule has 0 saturated carbocycles. The van der Waals surface area contributed by atoms with Crippen LogP contribution in [0.25, 0.3) is 17.1 Å². The molecule has 4 rings (SSSR count). The van der Waals surface area contributed by atoms with Gasteiger partial charge < -0.3 is 4.74 Å². The van der Waals surface area contributed by atoms with E-state index in [0.29, 0.717) is 28.2 Å². The first-order valence-electron chi connectivity index (χ1n) is 9.67. The normalized spacial score (nSPS) is 10.8. The van der Waals surface area contributed by atoms with E-state index in [-0.39, 0.29) is 11.5 Å². The summed E-state index contributed by atoms with van der Waals surface area (Å²) in [6, 6.07) is 18.5. The fraction of sp³-hybridized carbons (Fsp3) is 0.130. The second kappa shape index (κ2) is 9.76. The number of benzene rings is 2. The summed E-state index contributed by atoms with van der Waals surface area (Å²) in [6.45, 7) is 2.54. The maximum absolute atomic E-state index is 12.7. The topological polar surface area (TPSA) is 69.9 Å². The van der Waals surface area contributed by atoms with Crippen molar-refractivity contribution in [1.82, 2.24) is 19.7 Å². The number of ether oxygens (including phenoxy) is 1. The Kier molecular flexibility index (Phi) is 6.64. The first-order chi connectivity index (χ1) is 15.2. The highest BCUT2D eigenvalue weighted by molar-refractivity contribution is 7.99. The SMILES string of the molecule is CCOc1ccc(-n2c(SCC(=O)c3ccccc3Cl)nnc2-c2ccncc2)cc1. The second-order valence-electron chi connectivity index (χ2n) is 6.50. The monoisotopic (exact) mass is 450 g/mol. The lowest BCUT2D eigenvalue weighted by Gasteiger charge is -2.11. The van der Waals surface area contributed by atoms with Crippen molar-refractivity contribution in [2.24, 2.45) is 0 Å². The van der Waals surface area contributed by atoms with Crippen LogP contribution < -0.4 is 4.74 Å². The standard InChI is InChI=1S/C23H19ClN4O2S/c1-2-30-18-9-7-17(8-10-18)28-22(16-11-13-25-14-12-16)26-27-23(28)31-15-21(29)19-5-3-4-6-20(19)24/h3-14H,2,15H2,1H3. The average molecular weight is 451 g/mol. The van der Waals surface area contributed by atoms with Crippen LogP contribution in [-0.2, 0) is 0 Å². The minimum atomic E-state index is -0.0673. The molecule has 0 unspecified atom stereocenters. The first kappa shape index (κ1) is 21.1. The third-order valence-corrected chi connectivity index (χ3v) is 5.74. The van der Waals surface area contributed by atoms with E-state index in [0.717, 1.165) is 17.0 Å². The van der Waals surface area contributed by atoms with Gasteiger partial charge >= 0.3 is 0 Å². The van der Waals surface area contributed by atoms with Crippen molar-refractivity contribution in [1.29, 1.82) is 0 Å². The third-order valence-electron chi connectivity index (χ3n) is 4.48. The average Bonchev–Trinajstić information content (AvgIpc) is 3.23. The predicted molar refractivity (Wildman–Crippen MR) is 122 cm³/mol.